The van der Waals surface area contributed by atoms with E-state index in [9.17, 15) is 4.79 Å². The van der Waals surface area contributed by atoms with Gasteiger partial charge in [0.15, 0.2) is 0 Å². The van der Waals surface area contributed by atoms with Crippen molar-refractivity contribution < 1.29 is 4.79 Å². The van der Waals surface area contributed by atoms with Crippen molar-refractivity contribution in [2.75, 3.05) is 0 Å². The zero-order valence-electron chi connectivity index (χ0n) is 11.2. The van der Waals surface area contributed by atoms with Gasteiger partial charge < -0.3 is 11.1 Å². The van der Waals surface area contributed by atoms with Crippen LogP contribution in [0, 0.1) is 11.8 Å². The van der Waals surface area contributed by atoms with E-state index in [1.54, 1.807) is 0 Å². The summed E-state index contributed by atoms with van der Waals surface area (Å²) in [5.41, 5.74) is 5.69. The van der Waals surface area contributed by atoms with Crippen molar-refractivity contribution in [2.45, 2.75) is 70.4 Å². The Morgan fingerprint density at radius 2 is 2.29 bits per heavy atom. The van der Waals surface area contributed by atoms with Crippen molar-refractivity contribution in [3.63, 3.8) is 0 Å². The monoisotopic (exact) mass is 238 g/mol. The molecule has 0 aromatic heterocycles. The Morgan fingerprint density at radius 1 is 1.53 bits per heavy atom. The average Bonchev–Trinajstić information content (AvgIpc) is 2.96. The summed E-state index contributed by atoms with van der Waals surface area (Å²) in [6, 6.07) is 0.417. The van der Waals surface area contributed by atoms with Gasteiger partial charge in [-0.3, -0.25) is 4.79 Å². The van der Waals surface area contributed by atoms with Gasteiger partial charge in [0, 0.05) is 6.04 Å². The average molecular weight is 238 g/mol. The van der Waals surface area contributed by atoms with Gasteiger partial charge in [-0.15, -0.1) is 0 Å². The summed E-state index contributed by atoms with van der Waals surface area (Å²) in [6.07, 6.45) is 7.62. The van der Waals surface area contributed by atoms with E-state index < -0.39 is 5.54 Å². The summed E-state index contributed by atoms with van der Waals surface area (Å²) in [5, 5.41) is 3.16. The summed E-state index contributed by atoms with van der Waals surface area (Å²) >= 11 is 0. The molecule has 2 saturated carbocycles. The number of amides is 1. The fraction of sp³-hybridized carbons (Fsp3) is 0.929. The molecule has 2 aliphatic carbocycles. The number of nitrogens with two attached hydrogens (primary N) is 1. The van der Waals surface area contributed by atoms with Gasteiger partial charge in [-0.05, 0) is 37.5 Å². The molecule has 0 saturated heterocycles. The number of nitrogens with one attached hydrogen (secondary N) is 1. The maximum atomic E-state index is 12.2. The molecule has 1 amide bonds. The largest absolute Gasteiger partial charge is 0.351 e. The molecule has 4 unspecified atom stereocenters. The van der Waals surface area contributed by atoms with E-state index in [0.29, 0.717) is 17.9 Å². The summed E-state index contributed by atoms with van der Waals surface area (Å²) in [6.45, 7) is 4.40. The zero-order chi connectivity index (χ0) is 12.5. The molecule has 3 nitrogen and oxygen atoms in total. The van der Waals surface area contributed by atoms with E-state index >= 15 is 0 Å². The lowest BCUT2D eigenvalue weighted by Crippen LogP contribution is -2.56. The predicted octanol–water partition coefficient (Wildman–Crippen LogP) is 2.20. The van der Waals surface area contributed by atoms with E-state index in [4.69, 9.17) is 5.73 Å². The van der Waals surface area contributed by atoms with Crippen LogP contribution in [0.25, 0.3) is 0 Å². The lowest BCUT2D eigenvalue weighted by Gasteiger charge is -2.35. The van der Waals surface area contributed by atoms with E-state index in [0.717, 1.165) is 25.7 Å². The summed E-state index contributed by atoms with van der Waals surface area (Å²) < 4.78 is 0. The van der Waals surface area contributed by atoms with Gasteiger partial charge in [-0.2, -0.15) is 0 Å². The zero-order valence-corrected chi connectivity index (χ0v) is 11.2. The van der Waals surface area contributed by atoms with Gasteiger partial charge in [-0.25, -0.2) is 0 Å². The minimum absolute atomic E-state index is 0.104. The fourth-order valence-corrected chi connectivity index (χ4v) is 3.22. The van der Waals surface area contributed by atoms with Crippen LogP contribution in [-0.2, 0) is 4.79 Å². The highest BCUT2D eigenvalue weighted by atomic mass is 16.2. The van der Waals surface area contributed by atoms with Crippen molar-refractivity contribution in [3.05, 3.63) is 0 Å². The quantitative estimate of drug-likeness (QED) is 0.789. The van der Waals surface area contributed by atoms with Crippen LogP contribution in [0.4, 0.5) is 0 Å². The minimum atomic E-state index is -0.586. The lowest BCUT2D eigenvalue weighted by molar-refractivity contribution is -0.128. The molecule has 0 aromatic carbocycles. The van der Waals surface area contributed by atoms with Gasteiger partial charge in [0.1, 0.15) is 0 Å². The van der Waals surface area contributed by atoms with Crippen LogP contribution in [0.5, 0.6) is 0 Å². The molecule has 17 heavy (non-hydrogen) atoms. The number of rotatable bonds is 4. The van der Waals surface area contributed by atoms with Crippen molar-refractivity contribution in [3.8, 4) is 0 Å². The smallest absolute Gasteiger partial charge is 0.240 e. The van der Waals surface area contributed by atoms with E-state index in [-0.39, 0.29) is 5.91 Å². The normalized spacial score (nSPS) is 41.0. The second kappa shape index (κ2) is 4.97. The summed E-state index contributed by atoms with van der Waals surface area (Å²) in [5.74, 6) is 1.41. The Balaban J connectivity index is 1.83. The second-order valence-corrected chi connectivity index (χ2v) is 6.22. The molecule has 0 radical (unpaired) electrons. The molecule has 2 rings (SSSR count). The molecule has 0 heterocycles. The maximum absolute atomic E-state index is 12.2. The second-order valence-electron chi connectivity index (χ2n) is 6.22. The Morgan fingerprint density at radius 3 is 2.94 bits per heavy atom. The molecule has 2 fully saturated rings. The van der Waals surface area contributed by atoms with Gasteiger partial charge in [0.2, 0.25) is 5.91 Å². The molecule has 0 aromatic rings. The fourth-order valence-electron chi connectivity index (χ4n) is 3.22. The molecule has 98 valence electrons. The van der Waals surface area contributed by atoms with Crippen LogP contribution in [0.2, 0.25) is 0 Å². The maximum Gasteiger partial charge on any atom is 0.240 e. The Kier molecular flexibility index (Phi) is 3.76. The molecule has 3 N–H and O–H groups in total. The Hall–Kier alpha value is -0.570. The third kappa shape index (κ3) is 3.01. The van der Waals surface area contributed by atoms with E-state index in [2.05, 4.69) is 19.2 Å². The van der Waals surface area contributed by atoms with E-state index in [1.807, 2.05) is 0 Å². The highest BCUT2D eigenvalue weighted by Crippen LogP contribution is 2.36. The predicted molar refractivity (Wildman–Crippen MR) is 69.5 cm³/mol. The molecular formula is C14H26N2O. The van der Waals surface area contributed by atoms with Gasteiger partial charge in [0.25, 0.3) is 0 Å². The molecule has 0 spiro atoms. The summed E-state index contributed by atoms with van der Waals surface area (Å²) in [7, 11) is 0. The Labute approximate surface area is 105 Å². The third-order valence-corrected chi connectivity index (χ3v) is 4.38. The first-order valence-corrected chi connectivity index (χ1v) is 7.15. The molecular weight excluding hydrogens is 212 g/mol. The van der Waals surface area contributed by atoms with Crippen LogP contribution >= 0.6 is 0 Å². The first-order valence-electron chi connectivity index (χ1n) is 7.15. The number of carbonyl (C=O) groups is 1. The van der Waals surface area contributed by atoms with Crippen molar-refractivity contribution in [1.29, 1.82) is 0 Å². The van der Waals surface area contributed by atoms with Crippen LogP contribution in [0.1, 0.15) is 58.8 Å². The number of hydrogen-bond acceptors (Lipinski definition) is 2. The SMILES string of the molecule is CCCC1CC1NC(=O)C1(N)CCCC(C)C1. The van der Waals surface area contributed by atoms with Crippen molar-refractivity contribution in [2.24, 2.45) is 17.6 Å². The number of carbonyl (C=O) groups excluding carboxylic acids is 1. The Bertz CT molecular complexity index is 292. The van der Waals surface area contributed by atoms with E-state index in [1.165, 1.54) is 19.3 Å². The van der Waals surface area contributed by atoms with Crippen molar-refractivity contribution >= 4 is 5.91 Å². The van der Waals surface area contributed by atoms with Crippen molar-refractivity contribution in [1.82, 2.24) is 5.32 Å². The van der Waals surface area contributed by atoms with Crippen LogP contribution in [0.3, 0.4) is 0 Å². The first kappa shape index (κ1) is 12.9. The lowest BCUT2D eigenvalue weighted by atomic mass is 9.76. The number of hydrogen-bond donors (Lipinski definition) is 2. The standard InChI is InChI=1S/C14H26N2O/c1-3-5-11-8-12(11)16-13(17)14(15)7-4-6-10(2)9-14/h10-12H,3-9,15H2,1-2H3,(H,16,17). The highest BCUT2D eigenvalue weighted by Gasteiger charge is 2.43. The third-order valence-electron chi connectivity index (χ3n) is 4.38. The molecule has 0 bridgehead atoms. The van der Waals surface area contributed by atoms with Gasteiger partial charge in [-0.1, -0.05) is 33.1 Å². The molecule has 2 aliphatic rings. The first-order chi connectivity index (χ1) is 8.05. The molecule has 0 aliphatic heterocycles. The van der Waals surface area contributed by atoms with Gasteiger partial charge in [0.05, 0.1) is 5.54 Å². The van der Waals surface area contributed by atoms with Crippen LogP contribution < -0.4 is 11.1 Å². The minimum Gasteiger partial charge on any atom is -0.351 e. The highest BCUT2D eigenvalue weighted by molar-refractivity contribution is 5.86. The van der Waals surface area contributed by atoms with Crippen LogP contribution in [-0.4, -0.2) is 17.5 Å². The van der Waals surface area contributed by atoms with Crippen LogP contribution in [0.15, 0.2) is 0 Å². The molecule has 3 heteroatoms. The summed E-state index contributed by atoms with van der Waals surface area (Å²) in [4.78, 5) is 12.2. The van der Waals surface area contributed by atoms with Gasteiger partial charge >= 0.3 is 0 Å². The topological polar surface area (TPSA) is 55.1 Å². The molecule has 4 atom stereocenters.